The maximum atomic E-state index is 9.56. The summed E-state index contributed by atoms with van der Waals surface area (Å²) >= 11 is 0. The monoisotopic (exact) mass is 348 g/mol. The lowest BCUT2D eigenvalue weighted by Crippen LogP contribution is -2.41. The molecule has 1 fully saturated rings. The molecule has 2 heterocycles. The van der Waals surface area contributed by atoms with Crippen molar-refractivity contribution in [2.45, 2.75) is 71.3 Å². The Labute approximate surface area is 147 Å². The molecule has 1 aliphatic rings. The lowest BCUT2D eigenvalue weighted by atomic mass is 9.79. The van der Waals surface area contributed by atoms with Gasteiger partial charge >= 0.3 is 7.12 Å². The van der Waals surface area contributed by atoms with Crippen LogP contribution in [0.4, 0.5) is 0 Å². The number of aromatic nitrogens is 1. The van der Waals surface area contributed by atoms with Crippen LogP contribution in [0.2, 0.25) is 25.7 Å². The van der Waals surface area contributed by atoms with Gasteiger partial charge < -0.3 is 18.6 Å². The van der Waals surface area contributed by atoms with Crippen LogP contribution in [0.5, 0.6) is 0 Å². The highest BCUT2D eigenvalue weighted by Crippen LogP contribution is 2.36. The topological polar surface area (TPSA) is 56.4 Å². The highest BCUT2D eigenvalue weighted by Gasteiger charge is 2.52. The first-order chi connectivity index (χ1) is 11.0. The largest absolute Gasteiger partial charge is 0.497 e. The number of rotatable bonds is 6. The quantitative estimate of drug-likeness (QED) is 0.586. The number of nitrogens with zero attached hydrogens (tertiary/aromatic N) is 2. The number of nitriles is 1. The van der Waals surface area contributed by atoms with E-state index in [1.807, 2.05) is 44.5 Å². The molecule has 0 amide bonds. The van der Waals surface area contributed by atoms with Crippen molar-refractivity contribution in [3.63, 3.8) is 0 Å². The first kappa shape index (κ1) is 19.3. The molecule has 1 aromatic rings. The first-order valence-electron chi connectivity index (χ1n) is 8.49. The summed E-state index contributed by atoms with van der Waals surface area (Å²) in [5.41, 5.74) is 0.479. The summed E-state index contributed by atoms with van der Waals surface area (Å²) in [5.74, 6) is 0. The molecule has 0 N–H and O–H groups in total. The molecule has 24 heavy (non-hydrogen) atoms. The molecule has 0 radical (unpaired) electrons. The minimum absolute atomic E-state index is 0.382. The molecule has 0 aromatic carbocycles. The summed E-state index contributed by atoms with van der Waals surface area (Å²) in [7, 11) is -1.63. The Bertz CT molecular complexity index is 613. The van der Waals surface area contributed by atoms with Crippen LogP contribution in [-0.4, -0.2) is 37.6 Å². The second-order valence-electron chi connectivity index (χ2n) is 8.64. The van der Waals surface area contributed by atoms with Crippen molar-refractivity contribution in [1.82, 2.24) is 4.57 Å². The SMILES string of the molecule is CC1(C)OB(c2ccn(COCC[Si](C)(C)C)c2C#N)OC1(C)C. The van der Waals surface area contributed by atoms with E-state index in [0.717, 1.165) is 18.1 Å². The third kappa shape index (κ3) is 4.12. The molecule has 0 aliphatic carbocycles. The van der Waals surface area contributed by atoms with Gasteiger partial charge in [0.1, 0.15) is 18.5 Å². The van der Waals surface area contributed by atoms with Gasteiger partial charge in [-0.1, -0.05) is 19.6 Å². The standard InChI is InChI=1S/C17H29BN2O3Si/c1-16(2)17(3,4)23-18(22-16)14-8-9-20(15(14)12-19)13-21-10-11-24(5,6)7/h8-9H,10-11,13H2,1-7H3. The third-order valence-electron chi connectivity index (χ3n) is 4.83. The number of hydrogen-bond acceptors (Lipinski definition) is 4. The lowest BCUT2D eigenvalue weighted by molar-refractivity contribution is 0.00578. The van der Waals surface area contributed by atoms with Gasteiger partial charge in [-0.2, -0.15) is 5.26 Å². The lowest BCUT2D eigenvalue weighted by Gasteiger charge is -2.32. The molecule has 7 heteroatoms. The highest BCUT2D eigenvalue weighted by molar-refractivity contribution is 6.76. The summed E-state index contributed by atoms with van der Waals surface area (Å²) in [6.45, 7) is 16.1. The second-order valence-corrected chi connectivity index (χ2v) is 14.3. The Morgan fingerprint density at radius 3 is 2.29 bits per heavy atom. The van der Waals surface area contributed by atoms with Crippen LogP contribution in [0.25, 0.3) is 0 Å². The zero-order chi connectivity index (χ0) is 18.2. The molecular formula is C17H29BN2O3Si. The highest BCUT2D eigenvalue weighted by atomic mass is 28.3. The van der Waals surface area contributed by atoms with Gasteiger partial charge in [-0.15, -0.1) is 0 Å². The van der Waals surface area contributed by atoms with Crippen molar-refractivity contribution in [3.8, 4) is 6.07 Å². The Hall–Kier alpha value is -1.07. The van der Waals surface area contributed by atoms with Crippen molar-refractivity contribution in [2.75, 3.05) is 6.61 Å². The van der Waals surface area contributed by atoms with Crippen molar-refractivity contribution in [2.24, 2.45) is 0 Å². The maximum Gasteiger partial charge on any atom is 0.497 e. The fraction of sp³-hybridized carbons (Fsp3) is 0.706. The summed E-state index contributed by atoms with van der Waals surface area (Å²) in [6.07, 6.45) is 1.87. The molecule has 1 aromatic heterocycles. The van der Waals surface area contributed by atoms with E-state index >= 15 is 0 Å². The third-order valence-corrected chi connectivity index (χ3v) is 6.54. The Balaban J connectivity index is 2.07. The second kappa shape index (κ2) is 6.68. The van der Waals surface area contributed by atoms with E-state index in [0.29, 0.717) is 12.4 Å². The molecule has 0 spiro atoms. The fourth-order valence-electron chi connectivity index (χ4n) is 2.43. The van der Waals surface area contributed by atoms with E-state index in [-0.39, 0.29) is 0 Å². The predicted molar refractivity (Wildman–Crippen MR) is 99.0 cm³/mol. The molecule has 0 saturated carbocycles. The van der Waals surface area contributed by atoms with Gasteiger partial charge in [-0.05, 0) is 39.8 Å². The Morgan fingerprint density at radius 1 is 1.21 bits per heavy atom. The molecule has 5 nitrogen and oxygen atoms in total. The van der Waals surface area contributed by atoms with Gasteiger partial charge in [0.15, 0.2) is 0 Å². The first-order valence-corrected chi connectivity index (χ1v) is 12.2. The van der Waals surface area contributed by atoms with E-state index < -0.39 is 26.4 Å². The molecule has 1 saturated heterocycles. The smallest absolute Gasteiger partial charge is 0.399 e. The number of ether oxygens (including phenoxy) is 1. The summed E-state index contributed by atoms with van der Waals surface area (Å²) in [4.78, 5) is 0. The Kier molecular flexibility index (Phi) is 5.36. The van der Waals surface area contributed by atoms with E-state index in [1.54, 1.807) is 0 Å². The summed E-state index contributed by atoms with van der Waals surface area (Å²) in [5, 5.41) is 9.56. The zero-order valence-electron chi connectivity index (χ0n) is 16.0. The minimum atomic E-state index is -1.10. The van der Waals surface area contributed by atoms with Gasteiger partial charge in [-0.25, -0.2) is 0 Å². The summed E-state index contributed by atoms with van der Waals surface area (Å²) < 4.78 is 19.7. The molecule has 0 atom stereocenters. The van der Waals surface area contributed by atoms with Crippen LogP contribution in [0.1, 0.15) is 33.4 Å². The molecule has 132 valence electrons. The molecular weight excluding hydrogens is 319 g/mol. The van der Waals surface area contributed by atoms with Crippen molar-refractivity contribution >= 4 is 20.7 Å². The molecule has 0 bridgehead atoms. The van der Waals surface area contributed by atoms with Crippen LogP contribution >= 0.6 is 0 Å². The maximum absolute atomic E-state index is 9.56. The average Bonchev–Trinajstić information content (AvgIpc) is 2.92. The average molecular weight is 348 g/mol. The fourth-order valence-corrected chi connectivity index (χ4v) is 3.18. The normalized spacial score (nSPS) is 19.5. The number of hydrogen-bond donors (Lipinski definition) is 0. The summed E-state index contributed by atoms with van der Waals surface area (Å²) in [6, 6.07) is 5.27. The van der Waals surface area contributed by atoms with Gasteiger partial charge in [0.05, 0.1) is 11.2 Å². The Morgan fingerprint density at radius 2 is 1.79 bits per heavy atom. The molecule has 0 unspecified atom stereocenters. The van der Waals surface area contributed by atoms with E-state index in [1.165, 1.54) is 0 Å². The zero-order valence-corrected chi connectivity index (χ0v) is 17.0. The van der Waals surface area contributed by atoms with Crippen molar-refractivity contribution in [3.05, 3.63) is 18.0 Å². The van der Waals surface area contributed by atoms with E-state index in [9.17, 15) is 5.26 Å². The van der Waals surface area contributed by atoms with Gasteiger partial charge in [0.2, 0.25) is 0 Å². The van der Waals surface area contributed by atoms with Gasteiger partial charge in [0, 0.05) is 26.3 Å². The van der Waals surface area contributed by atoms with Crippen LogP contribution < -0.4 is 5.46 Å². The minimum Gasteiger partial charge on any atom is -0.399 e. The molecule has 2 rings (SSSR count). The van der Waals surface area contributed by atoms with E-state index in [2.05, 4.69) is 25.7 Å². The van der Waals surface area contributed by atoms with Crippen molar-refractivity contribution < 1.29 is 14.0 Å². The van der Waals surface area contributed by atoms with Crippen LogP contribution in [-0.2, 0) is 20.8 Å². The van der Waals surface area contributed by atoms with Crippen LogP contribution in [0.3, 0.4) is 0 Å². The molecule has 1 aliphatic heterocycles. The van der Waals surface area contributed by atoms with Crippen LogP contribution in [0, 0.1) is 11.3 Å². The van der Waals surface area contributed by atoms with Crippen LogP contribution in [0.15, 0.2) is 12.3 Å². The van der Waals surface area contributed by atoms with Crippen molar-refractivity contribution in [1.29, 1.82) is 5.26 Å². The predicted octanol–water partition coefficient (Wildman–Crippen LogP) is 2.97. The van der Waals surface area contributed by atoms with Gasteiger partial charge in [-0.3, -0.25) is 0 Å². The van der Waals surface area contributed by atoms with Gasteiger partial charge in [0.25, 0.3) is 0 Å². The van der Waals surface area contributed by atoms with E-state index in [4.69, 9.17) is 14.0 Å².